The third kappa shape index (κ3) is 5.12. The highest BCUT2D eigenvalue weighted by molar-refractivity contribution is 6.34. The Kier molecular flexibility index (Phi) is 7.07. The molecule has 218 valence electrons. The molecule has 0 bridgehead atoms. The Morgan fingerprint density at radius 1 is 0.884 bits per heavy atom. The number of rotatable bonds is 7. The van der Waals surface area contributed by atoms with E-state index in [0.29, 0.717) is 39.7 Å². The van der Waals surface area contributed by atoms with Gasteiger partial charge in [0.25, 0.3) is 0 Å². The molecule has 5 aromatic heterocycles. The molecule has 43 heavy (non-hydrogen) atoms. The van der Waals surface area contributed by atoms with Crippen molar-refractivity contribution in [2.45, 2.75) is 6.54 Å². The molecule has 0 atom stereocenters. The number of aromatic amines is 1. The Morgan fingerprint density at radius 3 is 2.44 bits per heavy atom. The van der Waals surface area contributed by atoms with E-state index in [4.69, 9.17) is 42.8 Å². The molecule has 1 aliphatic rings. The Bertz CT molecular complexity index is 1940. The monoisotopic (exact) mass is 616 g/mol. The average Bonchev–Trinajstić information content (AvgIpc) is 3.64. The number of H-pyrrole nitrogens is 1. The van der Waals surface area contributed by atoms with Crippen molar-refractivity contribution in [3.05, 3.63) is 71.2 Å². The van der Waals surface area contributed by atoms with Crippen LogP contribution in [-0.2, 0) is 6.54 Å². The van der Waals surface area contributed by atoms with Crippen molar-refractivity contribution in [3.8, 4) is 22.6 Å². The molecule has 0 saturated carbocycles. The van der Waals surface area contributed by atoms with Crippen molar-refractivity contribution in [3.63, 3.8) is 0 Å². The van der Waals surface area contributed by atoms with Gasteiger partial charge in [-0.15, -0.1) is 0 Å². The van der Waals surface area contributed by atoms with Gasteiger partial charge in [-0.05, 0) is 18.2 Å². The van der Waals surface area contributed by atoms with E-state index >= 15 is 0 Å². The molecular formula is C29H26Cl2N10O2. The molecule has 12 nitrogen and oxygen atoms in total. The van der Waals surface area contributed by atoms with E-state index in [2.05, 4.69) is 34.7 Å². The van der Waals surface area contributed by atoms with Crippen molar-refractivity contribution in [2.75, 3.05) is 50.2 Å². The van der Waals surface area contributed by atoms with Crippen LogP contribution in [0.3, 0.4) is 0 Å². The van der Waals surface area contributed by atoms with Crippen LogP contribution in [0.25, 0.3) is 33.2 Å². The first-order valence-electron chi connectivity index (χ1n) is 13.6. The Hall–Kier alpha value is -4.68. The average molecular weight is 618 g/mol. The van der Waals surface area contributed by atoms with Gasteiger partial charge in [0.15, 0.2) is 23.0 Å². The highest BCUT2D eigenvalue weighted by Gasteiger charge is 2.25. The highest BCUT2D eigenvalue weighted by Crippen LogP contribution is 2.41. The summed E-state index contributed by atoms with van der Waals surface area (Å²) in [5.41, 5.74) is 3.70. The van der Waals surface area contributed by atoms with Crippen LogP contribution in [0.15, 0.2) is 55.2 Å². The number of anilines is 2. The van der Waals surface area contributed by atoms with Crippen molar-refractivity contribution < 1.29 is 9.47 Å². The van der Waals surface area contributed by atoms with Crippen molar-refractivity contribution in [1.82, 2.24) is 39.7 Å². The number of aromatic nitrogens is 8. The van der Waals surface area contributed by atoms with E-state index in [-0.39, 0.29) is 0 Å². The summed E-state index contributed by atoms with van der Waals surface area (Å²) in [6, 6.07) is 7.21. The number of nitrogens with one attached hydrogen (secondary N) is 1. The van der Waals surface area contributed by atoms with Gasteiger partial charge in [0.05, 0.1) is 37.5 Å². The van der Waals surface area contributed by atoms with E-state index in [1.54, 1.807) is 44.9 Å². The van der Waals surface area contributed by atoms with Gasteiger partial charge >= 0.3 is 0 Å². The summed E-state index contributed by atoms with van der Waals surface area (Å²) in [5, 5.41) is 6.81. The maximum absolute atomic E-state index is 6.78. The molecule has 1 N–H and O–H groups in total. The van der Waals surface area contributed by atoms with Crippen LogP contribution in [0, 0.1) is 0 Å². The van der Waals surface area contributed by atoms with E-state index in [9.17, 15) is 0 Å². The summed E-state index contributed by atoms with van der Waals surface area (Å²) in [6.07, 6.45) is 9.02. The zero-order chi connectivity index (χ0) is 29.5. The van der Waals surface area contributed by atoms with Gasteiger partial charge in [-0.3, -0.25) is 9.67 Å². The third-order valence-electron chi connectivity index (χ3n) is 7.47. The first kappa shape index (κ1) is 27.2. The van der Waals surface area contributed by atoms with Gasteiger partial charge in [0, 0.05) is 73.5 Å². The second kappa shape index (κ2) is 11.2. The minimum absolute atomic E-state index is 0.391. The number of benzene rings is 1. The van der Waals surface area contributed by atoms with E-state index in [1.807, 2.05) is 29.2 Å². The molecule has 1 aromatic carbocycles. The number of nitrogens with zero attached hydrogens (tertiary/aromatic N) is 9. The lowest BCUT2D eigenvalue weighted by molar-refractivity contribution is 0.355. The molecule has 7 rings (SSSR count). The first-order chi connectivity index (χ1) is 21.0. The molecule has 6 aromatic rings. The largest absolute Gasteiger partial charge is 0.493 e. The van der Waals surface area contributed by atoms with Crippen molar-refractivity contribution in [1.29, 1.82) is 0 Å². The van der Waals surface area contributed by atoms with Crippen LogP contribution in [0.2, 0.25) is 10.2 Å². The van der Waals surface area contributed by atoms with Crippen molar-refractivity contribution in [2.24, 2.45) is 0 Å². The lowest BCUT2D eigenvalue weighted by Crippen LogP contribution is -2.47. The molecular weight excluding hydrogens is 591 g/mol. The standard InChI is InChI=1S/C29H26Cl2N10O2/c1-42-22-11-17(20(30)12-23(22)43-2)18-13-34-29(40-9-7-39(8-10-40)26-14-32-5-6-33-26)27-19(18)15-41(38-27)16-25-35-21-3-4-24(31)36-28(21)37-25/h3-6,11-15H,7-10,16H2,1-2H3,(H,35,36,37). The van der Waals surface area contributed by atoms with Gasteiger partial charge in [0.2, 0.25) is 0 Å². The molecule has 0 unspecified atom stereocenters. The smallest absolute Gasteiger partial charge is 0.179 e. The van der Waals surface area contributed by atoms with E-state index in [1.165, 1.54) is 0 Å². The van der Waals surface area contributed by atoms with Crippen LogP contribution in [0.1, 0.15) is 5.82 Å². The predicted octanol–water partition coefficient (Wildman–Crippen LogP) is 4.86. The number of fused-ring (bicyclic) bond motifs is 2. The third-order valence-corrected chi connectivity index (χ3v) is 7.99. The molecule has 0 radical (unpaired) electrons. The fourth-order valence-electron chi connectivity index (χ4n) is 5.38. The van der Waals surface area contributed by atoms with Crippen LogP contribution in [0.5, 0.6) is 11.5 Å². The Balaban J connectivity index is 1.29. The quantitative estimate of drug-likeness (QED) is 0.249. The topological polar surface area (TPSA) is 123 Å². The molecule has 0 spiro atoms. The zero-order valence-electron chi connectivity index (χ0n) is 23.3. The molecule has 1 aliphatic heterocycles. The highest BCUT2D eigenvalue weighted by atomic mass is 35.5. The molecule has 6 heterocycles. The predicted molar refractivity (Wildman–Crippen MR) is 166 cm³/mol. The van der Waals surface area contributed by atoms with E-state index < -0.39 is 0 Å². The number of pyridine rings is 2. The second-order valence-electron chi connectivity index (χ2n) is 10.00. The van der Waals surface area contributed by atoms with Gasteiger partial charge in [-0.2, -0.15) is 5.10 Å². The summed E-state index contributed by atoms with van der Waals surface area (Å²) in [5.74, 6) is 3.48. The number of hydrogen-bond donors (Lipinski definition) is 1. The summed E-state index contributed by atoms with van der Waals surface area (Å²) in [6.45, 7) is 3.44. The van der Waals surface area contributed by atoms with Crippen LogP contribution in [-0.4, -0.2) is 80.1 Å². The Labute approximate surface area is 256 Å². The minimum Gasteiger partial charge on any atom is -0.493 e. The maximum Gasteiger partial charge on any atom is 0.179 e. The van der Waals surface area contributed by atoms with Gasteiger partial charge < -0.3 is 24.3 Å². The minimum atomic E-state index is 0.391. The zero-order valence-corrected chi connectivity index (χ0v) is 24.8. The number of imidazole rings is 1. The van der Waals surface area contributed by atoms with Crippen molar-refractivity contribution >= 4 is 56.9 Å². The summed E-state index contributed by atoms with van der Waals surface area (Å²) in [4.78, 5) is 30.3. The molecule has 1 saturated heterocycles. The normalized spacial score (nSPS) is 13.7. The van der Waals surface area contributed by atoms with Gasteiger partial charge in [-0.25, -0.2) is 19.9 Å². The number of ether oxygens (including phenoxy) is 2. The lowest BCUT2D eigenvalue weighted by Gasteiger charge is -2.36. The summed E-state index contributed by atoms with van der Waals surface area (Å²) in [7, 11) is 3.18. The molecule has 14 heteroatoms. The first-order valence-corrected chi connectivity index (χ1v) is 14.3. The summed E-state index contributed by atoms with van der Waals surface area (Å²) >= 11 is 12.9. The number of piperazine rings is 1. The van der Waals surface area contributed by atoms with Gasteiger partial charge in [-0.1, -0.05) is 23.2 Å². The lowest BCUT2D eigenvalue weighted by atomic mass is 10.0. The molecule has 0 aliphatic carbocycles. The summed E-state index contributed by atoms with van der Waals surface area (Å²) < 4.78 is 12.9. The second-order valence-corrected chi connectivity index (χ2v) is 10.8. The maximum atomic E-state index is 6.78. The number of hydrogen-bond acceptors (Lipinski definition) is 10. The Morgan fingerprint density at radius 2 is 1.67 bits per heavy atom. The number of halogens is 2. The van der Waals surface area contributed by atoms with Crippen LogP contribution >= 0.6 is 23.2 Å². The van der Waals surface area contributed by atoms with Crippen LogP contribution < -0.4 is 19.3 Å². The molecule has 1 fully saturated rings. The van der Waals surface area contributed by atoms with Gasteiger partial charge in [0.1, 0.15) is 22.3 Å². The molecule has 0 amide bonds. The van der Waals surface area contributed by atoms with Crippen LogP contribution in [0.4, 0.5) is 11.6 Å². The number of methoxy groups -OCH3 is 2. The van der Waals surface area contributed by atoms with E-state index in [0.717, 1.165) is 65.4 Å². The fraction of sp³-hybridized carbons (Fsp3) is 0.241. The SMILES string of the molecule is COc1cc(Cl)c(-c2cnc(N3CCN(c4cnccn4)CC3)c3nn(Cc4nc5nc(Cl)ccc5[nH]4)cc23)cc1OC. The fourth-order valence-corrected chi connectivity index (χ4v) is 5.78.